The Kier molecular flexibility index (Phi) is 3.75. The second-order valence-corrected chi connectivity index (χ2v) is 3.73. The number of hydrogen-bond donors (Lipinski definition) is 1. The number of nitrogens with zero attached hydrogens (tertiary/aromatic N) is 2. The van der Waals surface area contributed by atoms with Gasteiger partial charge >= 0.3 is 0 Å². The minimum atomic E-state index is -0.152. The second-order valence-electron chi connectivity index (χ2n) is 3.73. The molecule has 68 valence electrons. The molecule has 12 heavy (non-hydrogen) atoms. The Hall–Kier alpha value is -1.04. The molecule has 0 spiro atoms. The summed E-state index contributed by atoms with van der Waals surface area (Å²) in [5.74, 6) is 0.0441. The highest BCUT2D eigenvalue weighted by atomic mass is 16.4. The molecule has 0 radical (unpaired) electrons. The molecule has 0 fully saturated rings. The van der Waals surface area contributed by atoms with Crippen LogP contribution >= 0.6 is 0 Å². The Morgan fingerprint density at radius 1 is 1.50 bits per heavy atom. The summed E-state index contributed by atoms with van der Waals surface area (Å²) in [5.41, 5.74) is -0.152. The van der Waals surface area contributed by atoms with Gasteiger partial charge in [0.1, 0.15) is 0 Å². The number of oxime groups is 1. The zero-order chi connectivity index (χ0) is 9.78. The van der Waals surface area contributed by atoms with Gasteiger partial charge in [0.05, 0.1) is 6.07 Å². The van der Waals surface area contributed by atoms with Crippen LogP contribution in [0.1, 0.15) is 27.7 Å². The average Bonchev–Trinajstić information content (AvgIpc) is 2.03. The molecular formula is C9H16N2O. The molecule has 0 aromatic heterocycles. The van der Waals surface area contributed by atoms with Crippen LogP contribution in [0.2, 0.25) is 0 Å². The average molecular weight is 168 g/mol. The van der Waals surface area contributed by atoms with Crippen molar-refractivity contribution in [3.63, 3.8) is 0 Å². The van der Waals surface area contributed by atoms with Crippen molar-refractivity contribution in [2.45, 2.75) is 27.7 Å². The SMILES string of the molecule is CC(C#N)C(C)(C)C(C)C=NO. The molecule has 0 aliphatic heterocycles. The van der Waals surface area contributed by atoms with Gasteiger partial charge in [0.2, 0.25) is 0 Å². The van der Waals surface area contributed by atoms with Crippen LogP contribution in [0.25, 0.3) is 0 Å². The van der Waals surface area contributed by atoms with E-state index in [0.29, 0.717) is 0 Å². The predicted octanol–water partition coefficient (Wildman–Crippen LogP) is 2.27. The Balaban J connectivity index is 4.50. The van der Waals surface area contributed by atoms with Crippen LogP contribution in [0, 0.1) is 28.6 Å². The summed E-state index contributed by atoms with van der Waals surface area (Å²) in [6, 6.07) is 2.20. The Labute approximate surface area is 73.7 Å². The zero-order valence-corrected chi connectivity index (χ0v) is 8.07. The van der Waals surface area contributed by atoms with Crippen molar-refractivity contribution < 1.29 is 5.21 Å². The van der Waals surface area contributed by atoms with Crippen LogP contribution in [0.15, 0.2) is 5.16 Å². The van der Waals surface area contributed by atoms with Crippen molar-refractivity contribution in [2.75, 3.05) is 0 Å². The summed E-state index contributed by atoms with van der Waals surface area (Å²) >= 11 is 0. The number of hydrogen-bond acceptors (Lipinski definition) is 3. The standard InChI is InChI=1S/C9H16N2O/c1-7(5-10)9(3,4)8(2)6-11-12/h6-8,12H,1-4H3. The molecule has 0 aliphatic rings. The quantitative estimate of drug-likeness (QED) is 0.399. The van der Waals surface area contributed by atoms with E-state index in [1.807, 2.05) is 27.7 Å². The van der Waals surface area contributed by atoms with Gasteiger partial charge < -0.3 is 5.21 Å². The van der Waals surface area contributed by atoms with Crippen LogP contribution in [-0.4, -0.2) is 11.4 Å². The van der Waals surface area contributed by atoms with Crippen molar-refractivity contribution in [3.05, 3.63) is 0 Å². The first-order chi connectivity index (χ1) is 5.46. The minimum Gasteiger partial charge on any atom is -0.411 e. The topological polar surface area (TPSA) is 56.4 Å². The summed E-state index contributed by atoms with van der Waals surface area (Å²) in [4.78, 5) is 0. The molecule has 0 aromatic carbocycles. The monoisotopic (exact) mass is 168 g/mol. The molecule has 0 bridgehead atoms. The van der Waals surface area contributed by atoms with Gasteiger partial charge in [-0.05, 0) is 12.3 Å². The van der Waals surface area contributed by atoms with Crippen molar-refractivity contribution in [2.24, 2.45) is 22.4 Å². The maximum atomic E-state index is 8.73. The van der Waals surface area contributed by atoms with E-state index in [2.05, 4.69) is 11.2 Å². The molecule has 0 amide bonds. The summed E-state index contributed by atoms with van der Waals surface area (Å²) in [6.07, 6.45) is 1.47. The van der Waals surface area contributed by atoms with Crippen LogP contribution in [0.3, 0.4) is 0 Å². The fraction of sp³-hybridized carbons (Fsp3) is 0.778. The number of nitriles is 1. The van der Waals surface area contributed by atoms with Crippen LogP contribution in [0.5, 0.6) is 0 Å². The summed E-state index contributed by atoms with van der Waals surface area (Å²) in [5, 5.41) is 20.1. The van der Waals surface area contributed by atoms with Gasteiger partial charge in [-0.3, -0.25) is 0 Å². The van der Waals surface area contributed by atoms with E-state index in [-0.39, 0.29) is 17.3 Å². The highest BCUT2D eigenvalue weighted by Crippen LogP contribution is 2.33. The molecule has 2 atom stereocenters. The van der Waals surface area contributed by atoms with E-state index in [9.17, 15) is 0 Å². The first kappa shape index (κ1) is 11.0. The highest BCUT2D eigenvalue weighted by Gasteiger charge is 2.31. The van der Waals surface area contributed by atoms with E-state index in [1.54, 1.807) is 0 Å². The van der Waals surface area contributed by atoms with Crippen molar-refractivity contribution in [1.82, 2.24) is 0 Å². The molecule has 0 heterocycles. The first-order valence-electron chi connectivity index (χ1n) is 4.04. The lowest BCUT2D eigenvalue weighted by atomic mass is 9.72. The first-order valence-corrected chi connectivity index (χ1v) is 4.04. The van der Waals surface area contributed by atoms with E-state index in [4.69, 9.17) is 10.5 Å². The van der Waals surface area contributed by atoms with Crippen LogP contribution < -0.4 is 0 Å². The second kappa shape index (κ2) is 4.10. The predicted molar refractivity (Wildman–Crippen MR) is 48.0 cm³/mol. The molecule has 0 aliphatic carbocycles. The largest absolute Gasteiger partial charge is 0.411 e. The molecule has 2 unspecified atom stereocenters. The van der Waals surface area contributed by atoms with E-state index in [0.717, 1.165) is 0 Å². The summed E-state index contributed by atoms with van der Waals surface area (Å²) < 4.78 is 0. The van der Waals surface area contributed by atoms with Gasteiger partial charge in [-0.1, -0.05) is 20.8 Å². The van der Waals surface area contributed by atoms with Gasteiger partial charge in [0.15, 0.2) is 0 Å². The Bertz CT molecular complexity index is 203. The molecule has 1 N–H and O–H groups in total. The molecule has 0 saturated carbocycles. The highest BCUT2D eigenvalue weighted by molar-refractivity contribution is 5.60. The third kappa shape index (κ3) is 2.23. The van der Waals surface area contributed by atoms with Crippen molar-refractivity contribution in [1.29, 1.82) is 5.26 Å². The molecule has 0 aromatic rings. The Morgan fingerprint density at radius 2 is 2.00 bits per heavy atom. The van der Waals surface area contributed by atoms with E-state index >= 15 is 0 Å². The van der Waals surface area contributed by atoms with Gasteiger partial charge in [0, 0.05) is 18.1 Å². The van der Waals surface area contributed by atoms with Crippen molar-refractivity contribution in [3.8, 4) is 6.07 Å². The fourth-order valence-electron chi connectivity index (χ4n) is 0.853. The molecule has 0 saturated heterocycles. The molecule has 3 heteroatoms. The van der Waals surface area contributed by atoms with Gasteiger partial charge in [0.25, 0.3) is 0 Å². The molecule has 3 nitrogen and oxygen atoms in total. The normalized spacial score (nSPS) is 17.2. The molecule has 0 rings (SSSR count). The van der Waals surface area contributed by atoms with Crippen LogP contribution in [0.4, 0.5) is 0 Å². The van der Waals surface area contributed by atoms with Gasteiger partial charge in [-0.25, -0.2) is 0 Å². The third-order valence-corrected chi connectivity index (χ3v) is 2.77. The number of rotatable bonds is 3. The lowest BCUT2D eigenvalue weighted by molar-refractivity contribution is 0.223. The zero-order valence-electron chi connectivity index (χ0n) is 8.07. The summed E-state index contributed by atoms with van der Waals surface area (Å²) in [7, 11) is 0. The maximum absolute atomic E-state index is 8.73. The third-order valence-electron chi connectivity index (χ3n) is 2.77. The van der Waals surface area contributed by atoms with Gasteiger partial charge in [-0.15, -0.1) is 5.16 Å². The minimum absolute atomic E-state index is 0.0505. The summed E-state index contributed by atoms with van der Waals surface area (Å²) in [6.45, 7) is 7.80. The van der Waals surface area contributed by atoms with E-state index < -0.39 is 0 Å². The lowest BCUT2D eigenvalue weighted by Gasteiger charge is -2.31. The van der Waals surface area contributed by atoms with Crippen molar-refractivity contribution >= 4 is 6.21 Å². The van der Waals surface area contributed by atoms with E-state index in [1.165, 1.54) is 6.21 Å². The molecular weight excluding hydrogens is 152 g/mol. The van der Waals surface area contributed by atoms with Gasteiger partial charge in [-0.2, -0.15) is 5.26 Å². The Morgan fingerprint density at radius 3 is 2.33 bits per heavy atom. The van der Waals surface area contributed by atoms with Crippen LogP contribution in [-0.2, 0) is 0 Å². The maximum Gasteiger partial charge on any atom is 0.0658 e. The fourth-order valence-corrected chi connectivity index (χ4v) is 0.853. The smallest absolute Gasteiger partial charge is 0.0658 e. The lowest BCUT2D eigenvalue weighted by Crippen LogP contribution is -2.29.